The van der Waals surface area contributed by atoms with Crippen LogP contribution in [0.5, 0.6) is 0 Å². The molecule has 7 aromatic rings. The number of likely N-dealkylation sites (N-methyl/N-ethyl adjacent to an activating group) is 5. The van der Waals surface area contributed by atoms with Crippen LogP contribution in [0.1, 0.15) is 136 Å². The molecule has 4 N–H and O–H groups in total. The van der Waals surface area contributed by atoms with Crippen LogP contribution in [-0.4, -0.2) is 209 Å². The molecule has 0 heterocycles. The minimum atomic E-state index is -2.29. The predicted octanol–water partition coefficient (Wildman–Crippen LogP) is 16.0. The van der Waals surface area contributed by atoms with E-state index in [0.717, 1.165) is 43.8 Å². The van der Waals surface area contributed by atoms with Crippen molar-refractivity contribution in [3.63, 3.8) is 0 Å². The first-order chi connectivity index (χ1) is 56.8. The quantitative estimate of drug-likeness (QED) is 0.0178. The van der Waals surface area contributed by atoms with Crippen LogP contribution in [0.25, 0.3) is 0 Å². The number of hydrogen-bond donors (Lipinski definition) is 4. The molecule has 7 amide bonds. The number of ether oxygens (including phenoxy) is 4. The first-order valence-electron chi connectivity index (χ1n) is 40.7. The summed E-state index contributed by atoms with van der Waals surface area (Å²) in [6.45, 7) is 31.6. The fourth-order valence-corrected chi connectivity index (χ4v) is 13.6. The second-order valence-corrected chi connectivity index (χ2v) is 40.0. The molecule has 7 rings (SSSR count). The number of nitrogens with zero attached hydrogens (tertiary/aromatic N) is 5. The van der Waals surface area contributed by atoms with E-state index in [1.165, 1.54) is 47.8 Å². The summed E-state index contributed by atoms with van der Waals surface area (Å²) in [7, 11) is 5.25. The van der Waals surface area contributed by atoms with Crippen LogP contribution in [0.2, 0.25) is 19.6 Å². The molecule has 0 saturated carbocycles. The van der Waals surface area contributed by atoms with Crippen LogP contribution in [0, 0.1) is 11.3 Å². The van der Waals surface area contributed by atoms with Gasteiger partial charge in [0, 0.05) is 91.8 Å². The van der Waals surface area contributed by atoms with Crippen LogP contribution < -0.4 is 10.6 Å². The van der Waals surface area contributed by atoms with Crippen molar-refractivity contribution in [2.75, 3.05) is 35.2 Å². The minimum Gasteiger partial charge on any atom is -0.518 e. The molecule has 7 aromatic carbocycles. The van der Waals surface area contributed by atoms with E-state index in [9.17, 15) is 63.0 Å². The highest BCUT2D eigenvalue weighted by molar-refractivity contribution is 6.71. The lowest BCUT2D eigenvalue weighted by molar-refractivity contribution is -0.145. The third-order valence-electron chi connectivity index (χ3n) is 18.8. The molecule has 0 bridgehead atoms. The number of carboxylic acids is 2. The summed E-state index contributed by atoms with van der Waals surface area (Å²) in [5.74, 6) is -4.50. The van der Waals surface area contributed by atoms with Crippen LogP contribution >= 0.6 is 11.6 Å². The fraction of sp³-hybridized carbons (Fsp3) is 0.442. The zero-order chi connectivity index (χ0) is 91.6. The molecule has 0 aliphatic rings. The molecule has 1 unspecified atom stereocenters. The van der Waals surface area contributed by atoms with E-state index in [2.05, 4.69) is 10.6 Å². The molecule has 0 fully saturated rings. The lowest BCUT2D eigenvalue weighted by atomic mass is 9.83. The Kier molecular flexibility index (Phi) is 40.8. The first-order valence-corrected chi connectivity index (χ1v) is 44.5. The second kappa shape index (κ2) is 48.3. The Bertz CT molecular complexity index is 4450. The summed E-state index contributed by atoms with van der Waals surface area (Å²) in [6.07, 6.45) is -0.822. The van der Waals surface area contributed by atoms with Crippen LogP contribution in [0.15, 0.2) is 212 Å². The number of amides is 7. The van der Waals surface area contributed by atoms with Crippen molar-refractivity contribution in [3.8, 4) is 0 Å². The van der Waals surface area contributed by atoms with Crippen molar-refractivity contribution in [1.82, 2.24) is 35.1 Å². The Balaban J connectivity index is 0.000000380. The summed E-state index contributed by atoms with van der Waals surface area (Å²) in [5.41, 5.74) is 2.77. The SMILES string of the molecule is CC(C)C(OC(=O)Cl)C(C)(C)C.CN(C(=O)OC(C)(C)C)[C@@H](Cc1ccccc1)C(=O)N(C)[C@@H](Cc1ccccc1)C(=O)N[C@@H](Cc1ccccc1)C(=O)O.CN(C(=O)OC(C)(C)C)[C@@H](Cc1ccccc1)C(=O)N(C)[C@@H](Cc1ccccc1)C(=O)N[C@@H](Cc1ccccc1)C(=O)O[Si](C)(C)C.CN(C(=O)OC(C)(C)C)[C@@H](Cc1ccccc1)C(=O)O. The van der Waals surface area contributed by atoms with E-state index in [0.29, 0.717) is 0 Å². The van der Waals surface area contributed by atoms with Gasteiger partial charge in [0.25, 0.3) is 0 Å². The average Bonchev–Trinajstić information content (AvgIpc) is 0.810. The molecular weight excluding hydrogens is 1590 g/mol. The van der Waals surface area contributed by atoms with Gasteiger partial charge in [0.2, 0.25) is 31.9 Å². The van der Waals surface area contributed by atoms with Crippen molar-refractivity contribution in [2.24, 2.45) is 11.3 Å². The Morgan fingerprint density at radius 1 is 0.352 bits per heavy atom. The standard InChI is InChI=1S/C37H49N3O6Si.C34H41N3O6.C15H21NO4.C9H17ClO2/c1-37(2,3)45-36(44)40(5)32(26-29-22-16-11-17-23-29)34(42)39(4)31(25-28-20-14-10-15-21-28)33(41)38-30(35(43)46-47(6,7)8)24-27-18-12-9-13-19-27;1-34(2,3)43-33(42)37(5)29(23-26-19-13-8-14-20-26)31(39)36(4)28(22-25-17-11-7-12-18-25)30(38)35-27(32(40)41)21-24-15-9-6-10-16-24;1-15(2,3)20-14(19)16(4)12(13(17)18)10-11-8-6-5-7-9-11;1-6(2)7(9(3,4)5)12-8(10)11/h9-23,30-32H,24-26H2,1-8H3,(H,38,41);6-20,27-29H,21-23H2,1-5H3,(H,35,38)(H,40,41);5-9,12H,10H2,1-4H3,(H,17,18);6-7H,1-5H3/t30-,31-,32-;27-,28-,29-;12-;/m000./s1. The average molecular weight is 1720 g/mol. The maximum Gasteiger partial charge on any atom is 0.410 e. The van der Waals surface area contributed by atoms with Crippen LogP contribution in [-0.2, 0) is 102 Å². The third-order valence-corrected chi connectivity index (χ3v) is 19.7. The van der Waals surface area contributed by atoms with Gasteiger partial charge in [0.15, 0.2) is 0 Å². The minimum absolute atomic E-state index is 0.0568. The van der Waals surface area contributed by atoms with Crippen molar-refractivity contribution < 1.29 is 86.3 Å². The molecule has 0 aromatic heterocycles. The third kappa shape index (κ3) is 37.7. The molecular formula is C95H128ClN7O18Si. The Morgan fingerprint density at radius 2 is 0.590 bits per heavy atom. The van der Waals surface area contributed by atoms with Gasteiger partial charge in [-0.2, -0.15) is 0 Å². The van der Waals surface area contributed by atoms with E-state index in [-0.39, 0.29) is 62.4 Å². The number of benzene rings is 7. The van der Waals surface area contributed by atoms with Crippen molar-refractivity contribution in [3.05, 3.63) is 251 Å². The molecule has 122 heavy (non-hydrogen) atoms. The van der Waals surface area contributed by atoms with Gasteiger partial charge in [0.05, 0.1) is 0 Å². The van der Waals surface area contributed by atoms with E-state index in [1.54, 1.807) is 93.6 Å². The number of aliphatic carboxylic acids is 2. The lowest BCUT2D eigenvalue weighted by Gasteiger charge is -2.35. The summed E-state index contributed by atoms with van der Waals surface area (Å²) < 4.78 is 27.2. The zero-order valence-electron chi connectivity index (χ0n) is 74.9. The van der Waals surface area contributed by atoms with Crippen molar-refractivity contribution in [1.29, 1.82) is 0 Å². The number of carbonyl (C=O) groups excluding carboxylic acids is 9. The van der Waals surface area contributed by atoms with Crippen LogP contribution in [0.4, 0.5) is 19.2 Å². The van der Waals surface area contributed by atoms with Gasteiger partial charge >= 0.3 is 41.6 Å². The van der Waals surface area contributed by atoms with Crippen molar-refractivity contribution in [2.45, 2.75) is 227 Å². The van der Waals surface area contributed by atoms with Gasteiger partial charge in [-0.25, -0.2) is 28.8 Å². The second-order valence-electron chi connectivity index (χ2n) is 35.3. The maximum atomic E-state index is 14.4. The Hall–Kier alpha value is -11.4. The van der Waals surface area contributed by atoms with Gasteiger partial charge in [-0.3, -0.25) is 38.7 Å². The van der Waals surface area contributed by atoms with E-state index < -0.39 is 133 Å². The summed E-state index contributed by atoms with van der Waals surface area (Å²) in [4.78, 5) is 149. The van der Waals surface area contributed by atoms with E-state index >= 15 is 0 Å². The largest absolute Gasteiger partial charge is 0.518 e. The molecule has 27 heteroatoms. The first kappa shape index (κ1) is 103. The fourth-order valence-electron chi connectivity index (χ4n) is 12.7. The predicted molar refractivity (Wildman–Crippen MR) is 476 cm³/mol. The van der Waals surface area contributed by atoms with E-state index in [4.69, 9.17) is 35.0 Å². The summed E-state index contributed by atoms with van der Waals surface area (Å²) >= 11 is 5.16. The number of carboxylic acid groups (broad SMARTS) is 2. The molecule has 0 spiro atoms. The molecule has 8 atom stereocenters. The normalized spacial score (nSPS) is 13.3. The molecule has 0 aliphatic heterocycles. The Labute approximate surface area is 727 Å². The van der Waals surface area contributed by atoms with Gasteiger partial charge in [-0.1, -0.05) is 247 Å². The van der Waals surface area contributed by atoms with Crippen LogP contribution in [0.3, 0.4) is 0 Å². The van der Waals surface area contributed by atoms with E-state index in [1.807, 2.05) is 242 Å². The molecule has 0 radical (unpaired) electrons. The smallest absolute Gasteiger partial charge is 0.410 e. The van der Waals surface area contributed by atoms with Gasteiger partial charge < -0.3 is 54.0 Å². The number of carbonyl (C=O) groups is 11. The molecule has 0 aliphatic carbocycles. The maximum absolute atomic E-state index is 14.4. The number of nitrogens with one attached hydrogen (secondary N) is 2. The van der Waals surface area contributed by atoms with Gasteiger partial charge in [0.1, 0.15) is 65.2 Å². The molecule has 0 saturated heterocycles. The molecule has 662 valence electrons. The number of hydrogen-bond acceptors (Lipinski definition) is 16. The molecule has 25 nitrogen and oxygen atoms in total. The highest BCUT2D eigenvalue weighted by atomic mass is 35.5. The summed E-state index contributed by atoms with van der Waals surface area (Å²) in [6, 6.07) is 57.7. The Morgan fingerprint density at radius 3 is 0.811 bits per heavy atom. The highest BCUT2D eigenvalue weighted by Crippen LogP contribution is 2.29. The number of rotatable bonds is 31. The van der Waals surface area contributed by atoms with Gasteiger partial charge in [-0.05, 0) is 132 Å². The summed E-state index contributed by atoms with van der Waals surface area (Å²) in [5, 5.41) is 24.8. The topological polar surface area (TPSA) is 315 Å². The monoisotopic (exact) mass is 1720 g/mol. The lowest BCUT2D eigenvalue weighted by Crippen LogP contribution is -2.58. The zero-order valence-corrected chi connectivity index (χ0v) is 76.6. The van der Waals surface area contributed by atoms with Crippen molar-refractivity contribution >= 4 is 85.2 Å². The van der Waals surface area contributed by atoms with Gasteiger partial charge in [-0.15, -0.1) is 0 Å². The number of halogens is 1. The highest BCUT2D eigenvalue weighted by Gasteiger charge is 2.41.